The molecule has 2 aliphatic carbocycles. The molecule has 300 valence electrons. The van der Waals surface area contributed by atoms with Crippen molar-refractivity contribution < 1.29 is 55.7 Å². The minimum absolute atomic E-state index is 0.0510. The Morgan fingerprint density at radius 2 is 0.815 bits per heavy atom. The minimum Gasteiger partial charge on any atom is -0.445 e. The number of amides is 4. The molecule has 2 aromatic carbocycles. The Balaban J connectivity index is 0.000000290. The van der Waals surface area contributed by atoms with Crippen molar-refractivity contribution in [3.63, 3.8) is 0 Å². The summed E-state index contributed by atoms with van der Waals surface area (Å²) in [4.78, 5) is 47.5. The van der Waals surface area contributed by atoms with Gasteiger partial charge in [0.1, 0.15) is 24.4 Å². The third-order valence-electron chi connectivity index (χ3n) is 7.83. The molecule has 2 saturated carbocycles. The predicted octanol–water partition coefficient (Wildman–Crippen LogP) is 7.99. The van der Waals surface area contributed by atoms with Gasteiger partial charge in [0.25, 0.3) is 11.8 Å². The van der Waals surface area contributed by atoms with Gasteiger partial charge < -0.3 is 40.2 Å². The first kappa shape index (κ1) is 43.6. The number of ether oxygens (including phenoxy) is 4. The smallest absolute Gasteiger partial charge is 0.407 e. The molecule has 12 nitrogen and oxygen atoms in total. The number of alkyl halides is 4. The summed E-state index contributed by atoms with van der Waals surface area (Å²) in [5, 5.41) is 9.84. The molecule has 0 bridgehead atoms. The first-order valence-electron chi connectivity index (χ1n) is 17.7. The lowest BCUT2D eigenvalue weighted by molar-refractivity contribution is -0.0558. The molecule has 2 fully saturated rings. The van der Waals surface area contributed by atoms with E-state index in [0.717, 1.165) is 11.1 Å². The van der Waals surface area contributed by atoms with Crippen LogP contribution in [-0.2, 0) is 32.2 Å². The van der Waals surface area contributed by atoms with Crippen molar-refractivity contribution in [3.8, 4) is 0 Å². The Hall–Kier alpha value is -4.76. The summed E-state index contributed by atoms with van der Waals surface area (Å²) < 4.78 is 76.4. The topological polar surface area (TPSA) is 153 Å². The molecule has 4 rings (SSSR count). The Bertz CT molecular complexity index is 1410. The number of hydrogen-bond acceptors (Lipinski definition) is 8. The fourth-order valence-electron chi connectivity index (χ4n) is 5.88. The van der Waals surface area contributed by atoms with E-state index >= 15 is 0 Å². The molecule has 4 atom stereocenters. The predicted molar refractivity (Wildman–Crippen MR) is 191 cm³/mol. The van der Waals surface area contributed by atoms with E-state index in [9.17, 15) is 36.7 Å². The second-order valence-corrected chi connectivity index (χ2v) is 15.5. The van der Waals surface area contributed by atoms with Gasteiger partial charge in [0.2, 0.25) is 0 Å². The van der Waals surface area contributed by atoms with E-state index in [-0.39, 0.29) is 26.1 Å². The minimum atomic E-state index is -3.00. The van der Waals surface area contributed by atoms with Crippen LogP contribution in [0.2, 0.25) is 0 Å². The van der Waals surface area contributed by atoms with E-state index in [1.165, 1.54) is 0 Å². The van der Waals surface area contributed by atoms with E-state index < -0.39 is 97.3 Å². The standard InChI is InChI=1S/2C19H26F2N2O4/c2*1-18(2,3)27-17(25)23-15-9-14(10-19(20,21)11-15)22-16(24)26-12-13-7-5-4-6-8-13/h2*4-8,14-15H,9-12H2,1-3H3,(H,22,24)(H,23,25)/t2*14-,15+/m10/s1. The van der Waals surface area contributed by atoms with Crippen LogP contribution in [-0.4, -0.2) is 71.6 Å². The molecule has 4 amide bonds. The zero-order valence-electron chi connectivity index (χ0n) is 31.5. The third kappa shape index (κ3) is 17.8. The highest BCUT2D eigenvalue weighted by Crippen LogP contribution is 2.35. The second kappa shape index (κ2) is 19.0. The zero-order valence-corrected chi connectivity index (χ0v) is 31.5. The van der Waals surface area contributed by atoms with Crippen molar-refractivity contribution in [2.75, 3.05) is 0 Å². The zero-order chi connectivity index (χ0) is 40.2. The van der Waals surface area contributed by atoms with Crippen molar-refractivity contribution >= 4 is 24.4 Å². The molecular weight excluding hydrogens is 716 g/mol. The van der Waals surface area contributed by atoms with Crippen molar-refractivity contribution in [1.82, 2.24) is 21.3 Å². The first-order valence-corrected chi connectivity index (χ1v) is 17.7. The van der Waals surface area contributed by atoms with Gasteiger partial charge in [0.05, 0.1) is 0 Å². The summed E-state index contributed by atoms with van der Waals surface area (Å²) in [6, 6.07) is 14.9. The van der Waals surface area contributed by atoms with Gasteiger partial charge in [0.15, 0.2) is 0 Å². The highest BCUT2D eigenvalue weighted by atomic mass is 19.3. The maximum Gasteiger partial charge on any atom is 0.407 e. The fraction of sp³-hybridized carbons (Fsp3) is 0.579. The first-order chi connectivity index (χ1) is 25.0. The van der Waals surface area contributed by atoms with Crippen molar-refractivity contribution in [2.24, 2.45) is 0 Å². The molecule has 0 saturated heterocycles. The number of alkyl carbamates (subject to hydrolysis) is 4. The van der Waals surface area contributed by atoms with Gasteiger partial charge in [0, 0.05) is 49.9 Å². The van der Waals surface area contributed by atoms with Crippen LogP contribution in [0.3, 0.4) is 0 Å². The van der Waals surface area contributed by atoms with Crippen LogP contribution in [0, 0.1) is 0 Å². The summed E-state index contributed by atoms with van der Waals surface area (Å²) in [6.07, 6.45) is -4.68. The van der Waals surface area contributed by atoms with Crippen molar-refractivity contribution in [3.05, 3.63) is 71.8 Å². The Labute approximate surface area is 313 Å². The SMILES string of the molecule is CC(C)(C)OC(=O)N[C@@H]1C[C@H](NC(=O)OCc2ccccc2)CC(F)(F)C1.CC(C)(C)OC(=O)N[C@H]1C[C@@H](NC(=O)OCc2ccccc2)CC(F)(F)C1. The molecular formula is C38H52F4N4O8. The van der Waals surface area contributed by atoms with Gasteiger partial charge in [-0.25, -0.2) is 36.7 Å². The molecule has 2 aliphatic rings. The van der Waals surface area contributed by atoms with Crippen LogP contribution < -0.4 is 21.3 Å². The van der Waals surface area contributed by atoms with E-state index in [0.29, 0.717) is 0 Å². The highest BCUT2D eigenvalue weighted by molar-refractivity contribution is 5.69. The fourth-order valence-corrected chi connectivity index (χ4v) is 5.88. The van der Waals surface area contributed by atoms with Crippen LogP contribution >= 0.6 is 0 Å². The molecule has 54 heavy (non-hydrogen) atoms. The molecule has 0 aromatic heterocycles. The highest BCUT2D eigenvalue weighted by Gasteiger charge is 2.44. The largest absolute Gasteiger partial charge is 0.445 e. The average molecular weight is 769 g/mol. The van der Waals surface area contributed by atoms with Gasteiger partial charge in [-0.3, -0.25) is 0 Å². The Morgan fingerprint density at radius 1 is 0.537 bits per heavy atom. The number of carbonyl (C=O) groups is 4. The van der Waals surface area contributed by atoms with Gasteiger partial charge >= 0.3 is 24.4 Å². The lowest BCUT2D eigenvalue weighted by Crippen LogP contribution is -2.52. The molecule has 2 aromatic rings. The number of halogens is 4. The molecule has 16 heteroatoms. The lowest BCUT2D eigenvalue weighted by Gasteiger charge is -2.35. The second-order valence-electron chi connectivity index (χ2n) is 15.5. The van der Waals surface area contributed by atoms with Crippen LogP contribution in [0.1, 0.15) is 91.2 Å². The van der Waals surface area contributed by atoms with E-state index in [4.69, 9.17) is 18.9 Å². The Morgan fingerprint density at radius 3 is 1.09 bits per heavy atom. The number of benzene rings is 2. The van der Waals surface area contributed by atoms with Gasteiger partial charge in [-0.2, -0.15) is 0 Å². The lowest BCUT2D eigenvalue weighted by atomic mass is 9.88. The van der Waals surface area contributed by atoms with Gasteiger partial charge in [-0.15, -0.1) is 0 Å². The van der Waals surface area contributed by atoms with Crippen molar-refractivity contribution in [2.45, 2.75) is 140 Å². The number of carbonyl (C=O) groups excluding carboxylic acids is 4. The maximum atomic E-state index is 14.0. The summed E-state index contributed by atoms with van der Waals surface area (Å²) in [5.74, 6) is -6.01. The monoisotopic (exact) mass is 768 g/mol. The van der Waals surface area contributed by atoms with E-state index in [1.807, 2.05) is 36.4 Å². The van der Waals surface area contributed by atoms with Crippen LogP contribution in [0.4, 0.5) is 36.7 Å². The van der Waals surface area contributed by atoms with Gasteiger partial charge in [-0.1, -0.05) is 60.7 Å². The normalized spacial score (nSPS) is 21.8. The number of nitrogens with one attached hydrogen (secondary N) is 4. The molecule has 0 aliphatic heterocycles. The summed E-state index contributed by atoms with van der Waals surface area (Å²) in [6.45, 7) is 10.2. The maximum absolute atomic E-state index is 14.0. The van der Waals surface area contributed by atoms with Crippen LogP contribution in [0.5, 0.6) is 0 Å². The van der Waals surface area contributed by atoms with E-state index in [1.54, 1.807) is 65.8 Å². The summed E-state index contributed by atoms with van der Waals surface area (Å²) >= 11 is 0. The average Bonchev–Trinajstić information content (AvgIpc) is 3.00. The molecule has 0 spiro atoms. The molecule has 4 N–H and O–H groups in total. The van der Waals surface area contributed by atoms with Crippen molar-refractivity contribution in [1.29, 1.82) is 0 Å². The summed E-state index contributed by atoms with van der Waals surface area (Å²) in [7, 11) is 0. The molecule has 0 heterocycles. The molecule has 0 radical (unpaired) electrons. The quantitative estimate of drug-likeness (QED) is 0.156. The summed E-state index contributed by atoms with van der Waals surface area (Å²) in [5.41, 5.74) is 0.150. The van der Waals surface area contributed by atoms with Crippen LogP contribution in [0.25, 0.3) is 0 Å². The van der Waals surface area contributed by atoms with Gasteiger partial charge in [-0.05, 0) is 65.5 Å². The third-order valence-corrected chi connectivity index (χ3v) is 7.83. The number of rotatable bonds is 8. The van der Waals surface area contributed by atoms with E-state index in [2.05, 4.69) is 21.3 Å². The number of hydrogen-bond donors (Lipinski definition) is 4. The Kier molecular flexibility index (Phi) is 15.4. The molecule has 0 unspecified atom stereocenters. The van der Waals surface area contributed by atoms with Crippen LogP contribution in [0.15, 0.2) is 60.7 Å².